The SMILES string of the molecule is CCCS(=O)(=O)Nc1ccc(NC(=O)C(N)C(C)CC)cc1. The Morgan fingerprint density at radius 2 is 1.73 bits per heavy atom. The van der Waals surface area contributed by atoms with E-state index in [0.717, 1.165) is 6.42 Å². The second-order valence-corrected chi connectivity index (χ2v) is 7.24. The van der Waals surface area contributed by atoms with Gasteiger partial charge in [-0.3, -0.25) is 9.52 Å². The molecule has 1 aromatic rings. The lowest BCUT2D eigenvalue weighted by molar-refractivity contribution is -0.118. The van der Waals surface area contributed by atoms with Crippen LogP contribution in [0.15, 0.2) is 24.3 Å². The lowest BCUT2D eigenvalue weighted by Crippen LogP contribution is -2.40. The molecular weight excluding hydrogens is 302 g/mol. The minimum atomic E-state index is -3.31. The van der Waals surface area contributed by atoms with Gasteiger partial charge in [-0.2, -0.15) is 0 Å². The number of carbonyl (C=O) groups is 1. The van der Waals surface area contributed by atoms with E-state index in [1.165, 1.54) is 0 Å². The monoisotopic (exact) mass is 327 g/mol. The second kappa shape index (κ2) is 8.14. The van der Waals surface area contributed by atoms with Gasteiger partial charge < -0.3 is 11.1 Å². The molecule has 0 fully saturated rings. The predicted octanol–water partition coefficient (Wildman–Crippen LogP) is 2.15. The third-order valence-electron chi connectivity index (χ3n) is 3.46. The van der Waals surface area contributed by atoms with E-state index in [2.05, 4.69) is 10.0 Å². The highest BCUT2D eigenvalue weighted by molar-refractivity contribution is 7.92. The van der Waals surface area contributed by atoms with Crippen molar-refractivity contribution in [1.29, 1.82) is 0 Å². The lowest BCUT2D eigenvalue weighted by atomic mass is 9.99. The van der Waals surface area contributed by atoms with Crippen molar-refractivity contribution < 1.29 is 13.2 Å². The molecule has 0 aliphatic carbocycles. The van der Waals surface area contributed by atoms with Crippen LogP contribution in [0.25, 0.3) is 0 Å². The number of amides is 1. The van der Waals surface area contributed by atoms with Crippen LogP contribution >= 0.6 is 0 Å². The molecule has 0 bridgehead atoms. The van der Waals surface area contributed by atoms with E-state index < -0.39 is 16.1 Å². The highest BCUT2D eigenvalue weighted by Crippen LogP contribution is 2.16. The van der Waals surface area contributed by atoms with Crippen LogP contribution in [0.4, 0.5) is 11.4 Å². The number of rotatable bonds is 8. The molecule has 6 nitrogen and oxygen atoms in total. The van der Waals surface area contributed by atoms with Gasteiger partial charge >= 0.3 is 0 Å². The van der Waals surface area contributed by atoms with Crippen molar-refractivity contribution in [3.8, 4) is 0 Å². The Hall–Kier alpha value is -1.60. The summed E-state index contributed by atoms with van der Waals surface area (Å²) >= 11 is 0. The van der Waals surface area contributed by atoms with Crippen LogP contribution in [0.5, 0.6) is 0 Å². The van der Waals surface area contributed by atoms with E-state index in [1.54, 1.807) is 31.2 Å². The molecule has 0 aromatic heterocycles. The molecule has 4 N–H and O–H groups in total. The average molecular weight is 327 g/mol. The largest absolute Gasteiger partial charge is 0.325 e. The maximum absolute atomic E-state index is 12.0. The molecule has 22 heavy (non-hydrogen) atoms. The number of sulfonamides is 1. The zero-order valence-corrected chi connectivity index (χ0v) is 14.1. The Labute approximate surface area is 132 Å². The molecule has 0 spiro atoms. The van der Waals surface area contributed by atoms with Gasteiger partial charge in [-0.15, -0.1) is 0 Å². The number of hydrogen-bond acceptors (Lipinski definition) is 4. The molecule has 0 heterocycles. The van der Waals surface area contributed by atoms with E-state index in [1.807, 2.05) is 13.8 Å². The van der Waals surface area contributed by atoms with Crippen LogP contribution < -0.4 is 15.8 Å². The highest BCUT2D eigenvalue weighted by atomic mass is 32.2. The van der Waals surface area contributed by atoms with Crippen LogP contribution in [-0.2, 0) is 14.8 Å². The summed E-state index contributed by atoms with van der Waals surface area (Å²) < 4.78 is 25.8. The van der Waals surface area contributed by atoms with Crippen molar-refractivity contribution in [2.45, 2.75) is 39.7 Å². The first-order chi connectivity index (χ1) is 10.3. The number of carbonyl (C=O) groups excluding carboxylic acids is 1. The van der Waals surface area contributed by atoms with Crippen LogP contribution in [-0.4, -0.2) is 26.1 Å². The van der Waals surface area contributed by atoms with Crippen molar-refractivity contribution in [3.05, 3.63) is 24.3 Å². The van der Waals surface area contributed by atoms with E-state index in [9.17, 15) is 13.2 Å². The first-order valence-electron chi connectivity index (χ1n) is 7.46. The summed E-state index contributed by atoms with van der Waals surface area (Å²) in [5, 5.41) is 2.73. The minimum Gasteiger partial charge on any atom is -0.325 e. The number of benzene rings is 1. The van der Waals surface area contributed by atoms with Gasteiger partial charge in [0, 0.05) is 11.4 Å². The van der Waals surface area contributed by atoms with Crippen molar-refractivity contribution in [2.75, 3.05) is 15.8 Å². The zero-order valence-electron chi connectivity index (χ0n) is 13.3. The Morgan fingerprint density at radius 1 is 1.18 bits per heavy atom. The minimum absolute atomic E-state index is 0.0786. The maximum Gasteiger partial charge on any atom is 0.241 e. The zero-order chi connectivity index (χ0) is 16.8. The lowest BCUT2D eigenvalue weighted by Gasteiger charge is -2.17. The van der Waals surface area contributed by atoms with E-state index >= 15 is 0 Å². The fraction of sp³-hybridized carbons (Fsp3) is 0.533. The standard InChI is InChI=1S/C15H25N3O3S/c1-4-10-22(20,21)18-13-8-6-12(7-9-13)17-15(19)14(16)11(3)5-2/h6-9,11,14,18H,4-5,10,16H2,1-3H3,(H,17,19). The van der Waals surface area contributed by atoms with Crippen molar-refractivity contribution in [1.82, 2.24) is 0 Å². The van der Waals surface area contributed by atoms with E-state index in [-0.39, 0.29) is 17.6 Å². The third kappa shape index (κ3) is 5.65. The van der Waals surface area contributed by atoms with Crippen molar-refractivity contribution in [3.63, 3.8) is 0 Å². The summed E-state index contributed by atoms with van der Waals surface area (Å²) in [6, 6.07) is 5.94. The summed E-state index contributed by atoms with van der Waals surface area (Å²) in [6.45, 7) is 5.71. The molecule has 0 saturated heterocycles. The fourth-order valence-corrected chi connectivity index (χ4v) is 2.99. The summed E-state index contributed by atoms with van der Waals surface area (Å²) in [5.41, 5.74) is 6.92. The molecule has 1 amide bonds. The van der Waals surface area contributed by atoms with Crippen molar-refractivity contribution in [2.24, 2.45) is 11.7 Å². The fourth-order valence-electron chi connectivity index (χ4n) is 1.86. The Morgan fingerprint density at radius 3 is 2.23 bits per heavy atom. The molecule has 0 saturated carbocycles. The second-order valence-electron chi connectivity index (χ2n) is 5.40. The Bertz CT molecular complexity index is 585. The van der Waals surface area contributed by atoms with Gasteiger partial charge in [0.25, 0.3) is 0 Å². The summed E-state index contributed by atoms with van der Waals surface area (Å²) in [4.78, 5) is 12.0. The molecule has 7 heteroatoms. The summed E-state index contributed by atoms with van der Waals surface area (Å²) in [6.07, 6.45) is 1.38. The summed E-state index contributed by atoms with van der Waals surface area (Å²) in [7, 11) is -3.31. The highest BCUT2D eigenvalue weighted by Gasteiger charge is 2.19. The van der Waals surface area contributed by atoms with E-state index in [0.29, 0.717) is 17.8 Å². The van der Waals surface area contributed by atoms with Crippen molar-refractivity contribution >= 4 is 27.3 Å². The van der Waals surface area contributed by atoms with E-state index in [4.69, 9.17) is 5.73 Å². The molecule has 2 atom stereocenters. The Balaban J connectivity index is 2.68. The summed E-state index contributed by atoms with van der Waals surface area (Å²) in [5.74, 6) is -0.0660. The van der Waals surface area contributed by atoms with Crippen LogP contribution in [0, 0.1) is 5.92 Å². The molecule has 124 valence electrons. The predicted molar refractivity (Wildman–Crippen MR) is 90.2 cm³/mol. The quantitative estimate of drug-likeness (QED) is 0.681. The van der Waals surface area contributed by atoms with Gasteiger partial charge in [0.05, 0.1) is 11.8 Å². The molecule has 0 aliphatic heterocycles. The molecule has 1 rings (SSSR count). The number of nitrogens with one attached hydrogen (secondary N) is 2. The van der Waals surface area contributed by atoms with Crippen LogP contribution in [0.1, 0.15) is 33.6 Å². The Kier molecular flexibility index (Phi) is 6.83. The molecule has 1 aromatic carbocycles. The molecule has 0 aliphatic rings. The van der Waals surface area contributed by atoms with Gasteiger partial charge in [-0.1, -0.05) is 27.2 Å². The van der Waals surface area contributed by atoms with Gasteiger partial charge in [0.15, 0.2) is 0 Å². The molecule has 2 unspecified atom stereocenters. The smallest absolute Gasteiger partial charge is 0.241 e. The van der Waals surface area contributed by atoms with Gasteiger partial charge in [0.2, 0.25) is 15.9 Å². The topological polar surface area (TPSA) is 101 Å². The number of nitrogens with two attached hydrogens (primary N) is 1. The van der Waals surface area contributed by atoms with Gasteiger partial charge in [-0.05, 0) is 36.6 Å². The molecule has 0 radical (unpaired) electrons. The maximum atomic E-state index is 12.0. The van der Waals surface area contributed by atoms with Crippen LogP contribution in [0.2, 0.25) is 0 Å². The normalized spacial score (nSPS) is 14.2. The van der Waals surface area contributed by atoms with Gasteiger partial charge in [-0.25, -0.2) is 8.42 Å². The average Bonchev–Trinajstić information content (AvgIpc) is 2.47. The number of hydrogen-bond donors (Lipinski definition) is 3. The van der Waals surface area contributed by atoms with Gasteiger partial charge in [0.1, 0.15) is 0 Å². The first-order valence-corrected chi connectivity index (χ1v) is 9.11. The third-order valence-corrected chi connectivity index (χ3v) is 4.95. The first kappa shape index (κ1) is 18.4. The number of anilines is 2. The van der Waals surface area contributed by atoms with Crippen LogP contribution in [0.3, 0.4) is 0 Å². The molecular formula is C15H25N3O3S.